The number of hydrogen-bond acceptors (Lipinski definition) is 13. The molecule has 1 aromatic carbocycles. The van der Waals surface area contributed by atoms with E-state index in [1.54, 1.807) is 58.9 Å². The number of aliphatic carboxylic acids is 1. The number of rotatable bonds is 39. The summed E-state index contributed by atoms with van der Waals surface area (Å²) in [5, 5.41) is 37.1. The Hall–Kier alpha value is -7.38. The molecule has 0 aromatic heterocycles. The van der Waals surface area contributed by atoms with Crippen LogP contribution in [0.4, 0.5) is 0 Å². The molecule has 1 aromatic rings. The molecule has 1 heterocycles. The summed E-state index contributed by atoms with van der Waals surface area (Å²) in [5.74, 6) is -10.2. The molecule has 0 spiro atoms. The topological polar surface area (TPSA) is 401 Å². The first kappa shape index (κ1) is 75.7. The van der Waals surface area contributed by atoms with Gasteiger partial charge in [-0.2, -0.15) is 0 Å². The number of nitrogens with one attached hydrogen (secondary N) is 6. The summed E-state index contributed by atoms with van der Waals surface area (Å²) in [6.07, 6.45) is 3.17. The molecule has 490 valence electrons. The van der Waals surface area contributed by atoms with Gasteiger partial charge in [-0.1, -0.05) is 125 Å². The Morgan fingerprint density at radius 1 is 0.644 bits per heavy atom. The van der Waals surface area contributed by atoms with Crippen LogP contribution in [0.3, 0.4) is 0 Å². The fraction of sp³-hybridized carbons (Fsp3) is 0.705. The maximum atomic E-state index is 14.9. The number of likely N-dealkylation sites (N-methyl/N-ethyl adjacent to an activating group) is 2. The molecule has 2 rings (SSSR count). The molecule has 1 saturated heterocycles. The summed E-state index contributed by atoms with van der Waals surface area (Å²) in [4.78, 5) is 160. The summed E-state index contributed by atoms with van der Waals surface area (Å²) in [7, 11) is 2.76. The van der Waals surface area contributed by atoms with E-state index in [4.69, 9.17) is 17.2 Å². The van der Waals surface area contributed by atoms with E-state index in [0.717, 1.165) is 41.0 Å². The summed E-state index contributed by atoms with van der Waals surface area (Å²) in [5.41, 5.74) is 17.2. The van der Waals surface area contributed by atoms with Crippen LogP contribution in [0.5, 0.6) is 0 Å². The highest BCUT2D eigenvalue weighted by Gasteiger charge is 2.45. The summed E-state index contributed by atoms with van der Waals surface area (Å²) in [6.45, 7) is 17.7. The third-order valence-corrected chi connectivity index (χ3v) is 15.4. The molecule has 0 unspecified atom stereocenters. The molecule has 14 N–H and O–H groups in total. The van der Waals surface area contributed by atoms with Gasteiger partial charge in [0, 0.05) is 46.4 Å². The lowest BCUT2D eigenvalue weighted by Crippen LogP contribution is -2.61. The summed E-state index contributed by atoms with van der Waals surface area (Å²) < 4.78 is 0. The molecule has 0 radical (unpaired) electrons. The molecule has 0 bridgehead atoms. The number of benzene rings is 1. The van der Waals surface area contributed by atoms with Crippen molar-refractivity contribution in [1.29, 1.82) is 0 Å². The number of β-amino-alcohol motifs (C(OH)–C–C–N with tert-alkyl or cyclic N) is 1. The highest BCUT2D eigenvalue weighted by Crippen LogP contribution is 2.25. The van der Waals surface area contributed by atoms with Gasteiger partial charge in [0.05, 0.1) is 12.5 Å². The van der Waals surface area contributed by atoms with Gasteiger partial charge in [-0.05, 0) is 74.7 Å². The zero-order valence-electron chi connectivity index (χ0n) is 53.4. The van der Waals surface area contributed by atoms with E-state index in [0.29, 0.717) is 12.8 Å². The van der Waals surface area contributed by atoms with Gasteiger partial charge in [-0.3, -0.25) is 57.7 Å². The van der Waals surface area contributed by atoms with Crippen molar-refractivity contribution in [3.63, 3.8) is 0 Å². The molecule has 1 aliphatic heterocycles. The van der Waals surface area contributed by atoms with Crippen molar-refractivity contribution in [1.82, 2.24) is 46.6 Å². The zero-order valence-corrected chi connectivity index (χ0v) is 53.4. The Morgan fingerprint density at radius 3 is 1.75 bits per heavy atom. The van der Waals surface area contributed by atoms with Crippen LogP contribution >= 0.6 is 0 Å². The molecule has 10 amide bonds. The molecule has 26 nitrogen and oxygen atoms in total. The van der Waals surface area contributed by atoms with E-state index < -0.39 is 132 Å². The largest absolute Gasteiger partial charge is 0.481 e. The number of hydrogen-bond donors (Lipinski definition) is 11. The average molecular weight is 1230 g/mol. The first-order valence-electron chi connectivity index (χ1n) is 30.8. The molecule has 87 heavy (non-hydrogen) atoms. The van der Waals surface area contributed by atoms with Gasteiger partial charge in [0.1, 0.15) is 54.4 Å². The number of aliphatic hydroxyl groups is 1. The number of carboxylic acid groups (broad SMARTS) is 1. The third kappa shape index (κ3) is 26.2. The van der Waals surface area contributed by atoms with E-state index in [1.165, 1.54) is 19.0 Å². The standard InChI is InChI=1S/C61H103N13O13/c1-13-15-16-17-21-26-49(76)66-39(10)58(85)72(11)47(31-40-23-19-18-20-24-40)57(84)68-43(28-35(3)4)54(81)70-45(29-36(5)6)59(86)74-34-41(75)32-48(74)60(87)73(12)46(30-37(7)8)56(83)69-44(33-50(77)78)55(82)67-42(25-22-27-65-61(63)64)53(80)71-51(52(62)79)38(9)14-2/h18-20,23-24,35-39,41-48,51,75H,13-17,21-22,25-34H2,1-12H3,(H2,62,79)(H,66,76)(H,67,82)(H,68,84)(H,69,83)(H,70,81)(H,71,80)(H,77,78)(H4,63,64,65)/t38-,39-,41+,42-,43-,44-,45-,46+,47-,48-,51-/m0/s1. The number of amides is 10. The van der Waals surface area contributed by atoms with Crippen molar-refractivity contribution in [2.24, 2.45) is 45.9 Å². The lowest BCUT2D eigenvalue weighted by atomic mass is 9.97. The zero-order chi connectivity index (χ0) is 65.8. The van der Waals surface area contributed by atoms with Crippen molar-refractivity contribution in [2.75, 3.05) is 27.2 Å². The van der Waals surface area contributed by atoms with Crippen molar-refractivity contribution >= 4 is 71.0 Å². The minimum atomic E-state index is -1.81. The molecular weight excluding hydrogens is 1120 g/mol. The first-order valence-corrected chi connectivity index (χ1v) is 30.8. The van der Waals surface area contributed by atoms with Crippen molar-refractivity contribution in [2.45, 2.75) is 226 Å². The van der Waals surface area contributed by atoms with Crippen LogP contribution in [0.15, 0.2) is 35.3 Å². The van der Waals surface area contributed by atoms with Crippen LogP contribution in [-0.4, -0.2) is 184 Å². The van der Waals surface area contributed by atoms with E-state index in [1.807, 2.05) is 33.8 Å². The quantitative estimate of drug-likeness (QED) is 0.0252. The lowest BCUT2D eigenvalue weighted by molar-refractivity contribution is -0.149. The Labute approximate surface area is 513 Å². The van der Waals surface area contributed by atoms with Crippen LogP contribution in [0.2, 0.25) is 0 Å². The number of aliphatic imine (C=N–C) groups is 1. The van der Waals surface area contributed by atoms with Gasteiger partial charge >= 0.3 is 5.97 Å². The van der Waals surface area contributed by atoms with Crippen LogP contribution in [0, 0.1) is 23.7 Å². The molecule has 11 atom stereocenters. The Balaban J connectivity index is 2.49. The molecule has 26 heteroatoms. The number of unbranched alkanes of at least 4 members (excludes halogenated alkanes) is 4. The fourth-order valence-electron chi connectivity index (χ4n) is 10.4. The van der Waals surface area contributed by atoms with Crippen molar-refractivity contribution in [3.05, 3.63) is 35.9 Å². The van der Waals surface area contributed by atoms with Crippen LogP contribution in [0.25, 0.3) is 0 Å². The number of carbonyl (C=O) groups is 11. The maximum absolute atomic E-state index is 14.9. The minimum Gasteiger partial charge on any atom is -0.481 e. The molecule has 1 aliphatic rings. The Morgan fingerprint density at radius 2 is 1.18 bits per heavy atom. The summed E-state index contributed by atoms with van der Waals surface area (Å²) >= 11 is 0. The molecule has 1 fully saturated rings. The fourth-order valence-corrected chi connectivity index (χ4v) is 10.4. The number of guanidine groups is 1. The third-order valence-electron chi connectivity index (χ3n) is 15.4. The highest BCUT2D eigenvalue weighted by atomic mass is 16.4. The SMILES string of the molecule is CCCCCCCC(=O)N[C@@H](C)C(=O)N(C)[C@@H](Cc1ccccc1)C(=O)N[C@@H](CC(C)C)C(=O)N[C@@H](CC(C)C)C(=O)N1C[C@H](O)C[C@H]1C(=O)N(C)[C@H](CC(C)C)C(=O)N[C@@H](CC(=O)O)C(=O)N[C@@H](CCCN=C(N)N)C(=O)N[C@H](C(N)=O)[C@@H](C)CC. The van der Waals surface area contributed by atoms with Gasteiger partial charge in [0.25, 0.3) is 0 Å². The van der Waals surface area contributed by atoms with Crippen molar-refractivity contribution < 1.29 is 63.0 Å². The minimum absolute atomic E-state index is 0.0291. The first-order chi connectivity index (χ1) is 40.8. The van der Waals surface area contributed by atoms with E-state index in [-0.39, 0.29) is 94.1 Å². The highest BCUT2D eigenvalue weighted by molar-refractivity contribution is 5.99. The number of carbonyl (C=O) groups excluding carboxylic acids is 10. The van der Waals surface area contributed by atoms with Gasteiger partial charge in [0.15, 0.2) is 5.96 Å². The van der Waals surface area contributed by atoms with Crippen LogP contribution in [0.1, 0.15) is 165 Å². The number of likely N-dealkylation sites (tertiary alicyclic amines) is 1. The lowest BCUT2D eigenvalue weighted by Gasteiger charge is -2.35. The number of carboxylic acids is 1. The number of nitrogens with two attached hydrogens (primary N) is 3. The van der Waals surface area contributed by atoms with Gasteiger partial charge in [-0.25, -0.2) is 0 Å². The number of nitrogens with zero attached hydrogens (tertiary/aromatic N) is 4. The number of primary amides is 1. The second-order valence-corrected chi connectivity index (χ2v) is 24.4. The summed E-state index contributed by atoms with van der Waals surface area (Å²) in [6, 6.07) is -2.76. The normalized spacial score (nSPS) is 17.0. The van der Waals surface area contributed by atoms with Gasteiger partial charge in [0.2, 0.25) is 59.1 Å². The average Bonchev–Trinajstić information content (AvgIpc) is 2.11. The van der Waals surface area contributed by atoms with Crippen LogP contribution in [-0.2, 0) is 59.2 Å². The monoisotopic (exact) mass is 1230 g/mol. The van der Waals surface area contributed by atoms with Crippen molar-refractivity contribution in [3.8, 4) is 0 Å². The Kier molecular flexibility index (Phi) is 33.1. The second-order valence-electron chi connectivity index (χ2n) is 24.4. The smallest absolute Gasteiger partial charge is 0.305 e. The van der Waals surface area contributed by atoms with E-state index in [9.17, 15) is 63.0 Å². The van der Waals surface area contributed by atoms with E-state index in [2.05, 4.69) is 43.8 Å². The van der Waals surface area contributed by atoms with E-state index >= 15 is 0 Å². The molecular formula is C61H103N13O13. The predicted molar refractivity (Wildman–Crippen MR) is 329 cm³/mol. The van der Waals surface area contributed by atoms with Crippen LogP contribution < -0.4 is 49.1 Å². The molecule has 0 aliphatic carbocycles. The predicted octanol–water partition coefficient (Wildman–Crippen LogP) is 1.33. The second kappa shape index (κ2) is 38.0. The van der Waals surface area contributed by atoms with Gasteiger partial charge in [-0.15, -0.1) is 0 Å². The van der Waals surface area contributed by atoms with Gasteiger partial charge < -0.3 is 74.0 Å². The maximum Gasteiger partial charge on any atom is 0.305 e. The Bertz CT molecular complexity index is 2480. The number of aliphatic hydroxyl groups excluding tert-OH is 1. The molecule has 0 saturated carbocycles.